The minimum absolute atomic E-state index is 0.0890. The minimum atomic E-state index is -0.889. The van der Waals surface area contributed by atoms with Crippen LogP contribution in [0, 0.1) is 5.92 Å². The number of urea groups is 1. The van der Waals surface area contributed by atoms with Crippen LogP contribution in [0.5, 0.6) is 0 Å². The number of rotatable bonds is 1. The van der Waals surface area contributed by atoms with Crippen molar-refractivity contribution in [2.45, 2.75) is 32.2 Å². The molecule has 3 amide bonds. The average Bonchev–Trinajstić information content (AvgIpc) is 2.44. The van der Waals surface area contributed by atoms with E-state index in [1.807, 2.05) is 0 Å². The number of likely N-dealkylation sites (N-methyl/N-ethyl adjacent to an activating group) is 1. The van der Waals surface area contributed by atoms with E-state index in [4.69, 9.17) is 5.11 Å². The summed E-state index contributed by atoms with van der Waals surface area (Å²) in [4.78, 5) is 40.8. The minimum Gasteiger partial charge on any atom is -0.481 e. The molecule has 0 saturated carbocycles. The van der Waals surface area contributed by atoms with Crippen LogP contribution in [0.2, 0.25) is 0 Å². The zero-order valence-electron chi connectivity index (χ0n) is 12.8. The van der Waals surface area contributed by atoms with Crippen LogP contribution in [0.25, 0.3) is 0 Å². The van der Waals surface area contributed by atoms with Gasteiger partial charge in [-0.25, -0.2) is 4.79 Å². The van der Waals surface area contributed by atoms with Crippen LogP contribution in [0.15, 0.2) is 0 Å². The fourth-order valence-corrected chi connectivity index (χ4v) is 3.07. The number of piperazine rings is 1. The Bertz CT molecular complexity index is 463. The van der Waals surface area contributed by atoms with Gasteiger partial charge in [0.2, 0.25) is 5.91 Å². The highest BCUT2D eigenvalue weighted by molar-refractivity contribution is 5.91. The first-order valence-electron chi connectivity index (χ1n) is 7.30. The van der Waals surface area contributed by atoms with E-state index >= 15 is 0 Å². The molecule has 0 radical (unpaired) electrons. The van der Waals surface area contributed by atoms with Gasteiger partial charge in [-0.15, -0.1) is 0 Å². The first kappa shape index (κ1) is 15.6. The molecule has 2 aliphatic heterocycles. The molecule has 0 aromatic carbocycles. The van der Waals surface area contributed by atoms with E-state index in [9.17, 15) is 14.4 Å². The van der Waals surface area contributed by atoms with E-state index in [2.05, 4.69) is 0 Å². The third kappa shape index (κ3) is 2.82. The van der Waals surface area contributed by atoms with Crippen molar-refractivity contribution < 1.29 is 19.5 Å². The lowest BCUT2D eigenvalue weighted by molar-refractivity contribution is -0.146. The number of hydrogen-bond donors (Lipinski definition) is 1. The van der Waals surface area contributed by atoms with Crippen LogP contribution < -0.4 is 0 Å². The predicted octanol–water partition coefficient (Wildman–Crippen LogP) is 0.456. The van der Waals surface area contributed by atoms with Crippen molar-refractivity contribution in [3.8, 4) is 0 Å². The van der Waals surface area contributed by atoms with Crippen molar-refractivity contribution in [3.05, 3.63) is 0 Å². The quantitative estimate of drug-likeness (QED) is 0.762. The number of carbonyl (C=O) groups is 3. The number of hydrogen-bond acceptors (Lipinski definition) is 3. The van der Waals surface area contributed by atoms with Crippen LogP contribution in [0.1, 0.15) is 26.7 Å². The summed E-state index contributed by atoms with van der Waals surface area (Å²) >= 11 is 0. The molecule has 2 fully saturated rings. The van der Waals surface area contributed by atoms with Gasteiger partial charge in [-0.3, -0.25) is 9.59 Å². The zero-order chi connectivity index (χ0) is 15.8. The second-order valence-electron chi connectivity index (χ2n) is 6.34. The summed E-state index contributed by atoms with van der Waals surface area (Å²) in [6.45, 7) is 5.24. The summed E-state index contributed by atoms with van der Waals surface area (Å²) in [6, 6.07) is -0.229. The van der Waals surface area contributed by atoms with Gasteiger partial charge in [-0.2, -0.15) is 0 Å². The highest BCUT2D eigenvalue weighted by Crippen LogP contribution is 2.25. The number of carbonyl (C=O) groups excluding carboxylic acids is 2. The van der Waals surface area contributed by atoms with Crippen molar-refractivity contribution in [1.82, 2.24) is 14.7 Å². The Morgan fingerprint density at radius 1 is 1.24 bits per heavy atom. The molecule has 7 heteroatoms. The van der Waals surface area contributed by atoms with Gasteiger partial charge in [0.15, 0.2) is 0 Å². The molecule has 0 aromatic rings. The Hall–Kier alpha value is -1.79. The number of amides is 3. The molecule has 7 nitrogen and oxygen atoms in total. The van der Waals surface area contributed by atoms with Crippen molar-refractivity contribution in [3.63, 3.8) is 0 Å². The standard InChI is InChI=1S/C14H23N3O4/c1-14(2)12(20)15(3)7-8-17(14)13(21)16-6-4-5-10(9-16)11(18)19/h10H,4-9H2,1-3H3,(H,18,19)/t10-/m0/s1. The molecule has 0 aliphatic carbocycles. The van der Waals surface area contributed by atoms with E-state index in [0.717, 1.165) is 0 Å². The number of likely N-dealkylation sites (tertiary alicyclic amines) is 1. The lowest BCUT2D eigenvalue weighted by Gasteiger charge is -2.47. The van der Waals surface area contributed by atoms with Gasteiger partial charge < -0.3 is 19.8 Å². The Kier molecular flexibility index (Phi) is 4.11. The largest absolute Gasteiger partial charge is 0.481 e. The lowest BCUT2D eigenvalue weighted by atomic mass is 9.96. The van der Waals surface area contributed by atoms with E-state index in [-0.39, 0.29) is 18.5 Å². The summed E-state index contributed by atoms with van der Waals surface area (Å²) in [5, 5.41) is 9.12. The molecule has 2 heterocycles. The number of nitrogens with zero attached hydrogens (tertiary/aromatic N) is 3. The fraction of sp³-hybridized carbons (Fsp3) is 0.786. The molecule has 2 saturated heterocycles. The van der Waals surface area contributed by atoms with E-state index in [1.54, 1.807) is 35.6 Å². The molecule has 1 N–H and O–H groups in total. The van der Waals surface area contributed by atoms with Crippen molar-refractivity contribution in [2.75, 3.05) is 33.2 Å². The number of carboxylic acid groups (broad SMARTS) is 1. The van der Waals surface area contributed by atoms with Gasteiger partial charge in [-0.1, -0.05) is 0 Å². The van der Waals surface area contributed by atoms with Crippen LogP contribution in [0.3, 0.4) is 0 Å². The van der Waals surface area contributed by atoms with Crippen molar-refractivity contribution in [2.24, 2.45) is 5.92 Å². The molecule has 0 aromatic heterocycles. The molecule has 2 rings (SSSR count). The number of carboxylic acids is 1. The van der Waals surface area contributed by atoms with Gasteiger partial charge in [0.1, 0.15) is 5.54 Å². The van der Waals surface area contributed by atoms with Crippen molar-refractivity contribution in [1.29, 1.82) is 0 Å². The molecule has 0 spiro atoms. The zero-order valence-corrected chi connectivity index (χ0v) is 12.8. The summed E-state index contributed by atoms with van der Waals surface area (Å²) in [6.07, 6.45) is 1.29. The van der Waals surface area contributed by atoms with E-state index in [0.29, 0.717) is 32.5 Å². The third-order valence-corrected chi connectivity index (χ3v) is 4.48. The SMILES string of the molecule is CN1CCN(C(=O)N2CCC[C@H](C(=O)O)C2)C(C)(C)C1=O. The molecule has 118 valence electrons. The number of aliphatic carboxylic acids is 1. The van der Waals surface area contributed by atoms with Gasteiger partial charge in [0.05, 0.1) is 5.92 Å². The van der Waals surface area contributed by atoms with Crippen LogP contribution >= 0.6 is 0 Å². The monoisotopic (exact) mass is 297 g/mol. The van der Waals surface area contributed by atoms with Gasteiger partial charge in [-0.05, 0) is 26.7 Å². The topological polar surface area (TPSA) is 81.2 Å². The van der Waals surface area contributed by atoms with E-state index < -0.39 is 17.4 Å². The van der Waals surface area contributed by atoms with Crippen LogP contribution in [0.4, 0.5) is 4.79 Å². The highest BCUT2D eigenvalue weighted by atomic mass is 16.4. The molecule has 2 aliphatic rings. The lowest BCUT2D eigenvalue weighted by Crippen LogP contribution is -2.66. The molecule has 0 unspecified atom stereocenters. The van der Waals surface area contributed by atoms with Gasteiger partial charge >= 0.3 is 12.0 Å². The highest BCUT2D eigenvalue weighted by Gasteiger charge is 2.45. The van der Waals surface area contributed by atoms with Crippen LogP contribution in [-0.4, -0.2) is 76.5 Å². The normalized spacial score (nSPS) is 26.0. The van der Waals surface area contributed by atoms with Gasteiger partial charge in [0, 0.05) is 33.2 Å². The Morgan fingerprint density at radius 2 is 1.90 bits per heavy atom. The molecule has 21 heavy (non-hydrogen) atoms. The van der Waals surface area contributed by atoms with Crippen LogP contribution in [-0.2, 0) is 9.59 Å². The molecule has 1 atom stereocenters. The fourth-order valence-electron chi connectivity index (χ4n) is 3.07. The maximum atomic E-state index is 12.7. The molecular formula is C14H23N3O4. The maximum Gasteiger partial charge on any atom is 0.320 e. The van der Waals surface area contributed by atoms with Gasteiger partial charge in [0.25, 0.3) is 0 Å². The third-order valence-electron chi connectivity index (χ3n) is 4.48. The Labute approximate surface area is 124 Å². The first-order valence-corrected chi connectivity index (χ1v) is 7.30. The average molecular weight is 297 g/mol. The molecule has 0 bridgehead atoms. The summed E-state index contributed by atoms with van der Waals surface area (Å²) in [5.74, 6) is -1.45. The Balaban J connectivity index is 2.12. The molecular weight excluding hydrogens is 274 g/mol. The summed E-state index contributed by atoms with van der Waals surface area (Å²) in [7, 11) is 1.73. The summed E-state index contributed by atoms with van der Waals surface area (Å²) < 4.78 is 0. The van der Waals surface area contributed by atoms with Crippen molar-refractivity contribution >= 4 is 17.9 Å². The number of piperidine rings is 1. The van der Waals surface area contributed by atoms with E-state index in [1.165, 1.54) is 0 Å². The smallest absolute Gasteiger partial charge is 0.320 e. The summed E-state index contributed by atoms with van der Waals surface area (Å²) in [5.41, 5.74) is -0.889. The maximum absolute atomic E-state index is 12.7. The Morgan fingerprint density at radius 3 is 2.52 bits per heavy atom. The first-order chi connectivity index (χ1) is 9.75. The second kappa shape index (κ2) is 5.54. The second-order valence-corrected chi connectivity index (χ2v) is 6.34. The predicted molar refractivity (Wildman–Crippen MR) is 75.8 cm³/mol.